The molecular formula is C16H25NO2. The van der Waals surface area contributed by atoms with E-state index in [-0.39, 0.29) is 0 Å². The number of piperidine rings is 1. The Morgan fingerprint density at radius 3 is 2.32 bits per heavy atom. The molecule has 0 atom stereocenters. The first-order valence-electron chi connectivity index (χ1n) is 7.36. The highest BCUT2D eigenvalue weighted by Crippen LogP contribution is 2.33. The SMILES string of the molecule is CCCOc1ccc(C2(O)CCN(CC)CC2)cc1. The molecule has 0 spiro atoms. The van der Waals surface area contributed by atoms with Gasteiger partial charge in [0.15, 0.2) is 0 Å². The molecule has 0 saturated carbocycles. The molecule has 0 aromatic heterocycles. The Morgan fingerprint density at radius 2 is 1.79 bits per heavy atom. The molecular weight excluding hydrogens is 238 g/mol. The van der Waals surface area contributed by atoms with E-state index in [2.05, 4.69) is 18.7 Å². The van der Waals surface area contributed by atoms with E-state index in [4.69, 9.17) is 4.74 Å². The van der Waals surface area contributed by atoms with Gasteiger partial charge in [0.05, 0.1) is 12.2 Å². The van der Waals surface area contributed by atoms with Crippen LogP contribution in [0.25, 0.3) is 0 Å². The predicted molar refractivity (Wildman–Crippen MR) is 77.5 cm³/mol. The lowest BCUT2D eigenvalue weighted by atomic mass is 9.84. The van der Waals surface area contributed by atoms with Gasteiger partial charge in [0.25, 0.3) is 0 Å². The largest absolute Gasteiger partial charge is 0.494 e. The summed E-state index contributed by atoms with van der Waals surface area (Å²) in [5, 5.41) is 10.8. The minimum Gasteiger partial charge on any atom is -0.494 e. The normalized spacial score (nSPS) is 19.3. The fraction of sp³-hybridized carbons (Fsp3) is 0.625. The van der Waals surface area contributed by atoms with Crippen LogP contribution in [0.3, 0.4) is 0 Å². The summed E-state index contributed by atoms with van der Waals surface area (Å²) in [5.41, 5.74) is 0.363. The second-order valence-corrected chi connectivity index (χ2v) is 5.34. The summed E-state index contributed by atoms with van der Waals surface area (Å²) in [6, 6.07) is 7.95. The van der Waals surface area contributed by atoms with Crippen LogP contribution in [0.15, 0.2) is 24.3 Å². The summed E-state index contributed by atoms with van der Waals surface area (Å²) in [5.74, 6) is 0.889. The Kier molecular flexibility index (Phi) is 4.83. The molecule has 1 fully saturated rings. The molecule has 1 saturated heterocycles. The van der Waals surface area contributed by atoms with Gasteiger partial charge in [0.1, 0.15) is 5.75 Å². The third-order valence-electron chi connectivity index (χ3n) is 3.99. The fourth-order valence-corrected chi connectivity index (χ4v) is 2.61. The zero-order valence-electron chi connectivity index (χ0n) is 12.1. The summed E-state index contributed by atoms with van der Waals surface area (Å²) in [7, 11) is 0. The average Bonchev–Trinajstić information content (AvgIpc) is 2.46. The van der Waals surface area contributed by atoms with E-state index in [9.17, 15) is 5.11 Å². The van der Waals surface area contributed by atoms with Crippen LogP contribution in [0.2, 0.25) is 0 Å². The van der Waals surface area contributed by atoms with Crippen molar-refractivity contribution in [2.45, 2.75) is 38.7 Å². The van der Waals surface area contributed by atoms with E-state index < -0.39 is 5.60 Å². The lowest BCUT2D eigenvalue weighted by Gasteiger charge is -2.38. The smallest absolute Gasteiger partial charge is 0.119 e. The van der Waals surface area contributed by atoms with Crippen LogP contribution in [-0.4, -0.2) is 36.2 Å². The number of ether oxygens (including phenoxy) is 1. The number of nitrogens with zero attached hydrogens (tertiary/aromatic N) is 1. The van der Waals surface area contributed by atoms with Gasteiger partial charge in [-0.2, -0.15) is 0 Å². The number of aliphatic hydroxyl groups is 1. The molecule has 1 aliphatic heterocycles. The van der Waals surface area contributed by atoms with Crippen LogP contribution in [0.5, 0.6) is 5.75 Å². The van der Waals surface area contributed by atoms with Gasteiger partial charge < -0.3 is 14.7 Å². The van der Waals surface area contributed by atoms with Gasteiger partial charge in [0.2, 0.25) is 0 Å². The van der Waals surface area contributed by atoms with Crippen LogP contribution in [0.1, 0.15) is 38.7 Å². The molecule has 2 rings (SSSR count). The number of hydrogen-bond acceptors (Lipinski definition) is 3. The van der Waals surface area contributed by atoms with Crippen molar-refractivity contribution < 1.29 is 9.84 Å². The highest BCUT2D eigenvalue weighted by Gasteiger charge is 2.33. The summed E-state index contributed by atoms with van der Waals surface area (Å²) in [6.07, 6.45) is 2.64. The van der Waals surface area contributed by atoms with Crippen molar-refractivity contribution in [2.24, 2.45) is 0 Å². The molecule has 1 aromatic carbocycles. The zero-order valence-corrected chi connectivity index (χ0v) is 12.1. The Labute approximate surface area is 116 Å². The molecule has 0 radical (unpaired) electrons. The van der Waals surface area contributed by atoms with Gasteiger partial charge in [-0.25, -0.2) is 0 Å². The van der Waals surface area contributed by atoms with E-state index in [0.717, 1.165) is 56.8 Å². The molecule has 0 amide bonds. The van der Waals surface area contributed by atoms with Crippen LogP contribution in [-0.2, 0) is 5.60 Å². The van der Waals surface area contributed by atoms with E-state index in [1.807, 2.05) is 24.3 Å². The summed E-state index contributed by atoms with van der Waals surface area (Å²) in [4.78, 5) is 2.38. The number of rotatable bonds is 5. The van der Waals surface area contributed by atoms with Gasteiger partial charge in [0, 0.05) is 13.1 Å². The van der Waals surface area contributed by atoms with Crippen LogP contribution < -0.4 is 4.74 Å². The monoisotopic (exact) mass is 263 g/mol. The minimum absolute atomic E-state index is 0.658. The van der Waals surface area contributed by atoms with Gasteiger partial charge in [-0.05, 0) is 43.5 Å². The van der Waals surface area contributed by atoms with Gasteiger partial charge in [-0.3, -0.25) is 0 Å². The van der Waals surface area contributed by atoms with E-state index in [0.29, 0.717) is 0 Å². The Bertz CT molecular complexity index is 380. The predicted octanol–water partition coefficient (Wildman–Crippen LogP) is 2.78. The average molecular weight is 263 g/mol. The molecule has 3 heteroatoms. The molecule has 0 bridgehead atoms. The topological polar surface area (TPSA) is 32.7 Å². The minimum atomic E-state index is -0.658. The molecule has 1 aliphatic rings. The summed E-state index contributed by atoms with van der Waals surface area (Å²) >= 11 is 0. The first-order valence-corrected chi connectivity index (χ1v) is 7.36. The molecule has 106 valence electrons. The van der Waals surface area contributed by atoms with Crippen LogP contribution in [0, 0.1) is 0 Å². The summed E-state index contributed by atoms with van der Waals surface area (Å²) in [6.45, 7) is 8.03. The maximum Gasteiger partial charge on any atom is 0.119 e. The fourth-order valence-electron chi connectivity index (χ4n) is 2.61. The maximum absolute atomic E-state index is 10.8. The van der Waals surface area contributed by atoms with E-state index in [1.165, 1.54) is 0 Å². The zero-order chi connectivity index (χ0) is 13.7. The second kappa shape index (κ2) is 6.40. The molecule has 1 N–H and O–H groups in total. The first kappa shape index (κ1) is 14.4. The van der Waals surface area contributed by atoms with Crippen molar-refractivity contribution in [2.75, 3.05) is 26.2 Å². The Balaban J connectivity index is 2.01. The number of likely N-dealkylation sites (tertiary alicyclic amines) is 1. The molecule has 1 aromatic rings. The third kappa shape index (κ3) is 3.48. The van der Waals surface area contributed by atoms with Crippen molar-refractivity contribution in [3.63, 3.8) is 0 Å². The Hall–Kier alpha value is -1.06. The first-order chi connectivity index (χ1) is 9.18. The van der Waals surface area contributed by atoms with E-state index >= 15 is 0 Å². The highest BCUT2D eigenvalue weighted by molar-refractivity contribution is 5.31. The second-order valence-electron chi connectivity index (χ2n) is 5.34. The number of hydrogen-bond donors (Lipinski definition) is 1. The number of benzene rings is 1. The standard InChI is InChI=1S/C16H25NO2/c1-3-13-19-15-7-5-14(6-8-15)16(18)9-11-17(4-2)12-10-16/h5-8,18H,3-4,9-13H2,1-2H3. The molecule has 0 aliphatic carbocycles. The third-order valence-corrected chi connectivity index (χ3v) is 3.99. The van der Waals surface area contributed by atoms with Crippen molar-refractivity contribution in [3.05, 3.63) is 29.8 Å². The Morgan fingerprint density at radius 1 is 1.16 bits per heavy atom. The lowest BCUT2D eigenvalue weighted by molar-refractivity contribution is -0.0247. The van der Waals surface area contributed by atoms with Crippen molar-refractivity contribution in [1.29, 1.82) is 0 Å². The molecule has 3 nitrogen and oxygen atoms in total. The van der Waals surface area contributed by atoms with Crippen LogP contribution >= 0.6 is 0 Å². The van der Waals surface area contributed by atoms with Gasteiger partial charge in [-0.15, -0.1) is 0 Å². The van der Waals surface area contributed by atoms with E-state index in [1.54, 1.807) is 0 Å². The maximum atomic E-state index is 10.8. The van der Waals surface area contributed by atoms with Crippen molar-refractivity contribution >= 4 is 0 Å². The van der Waals surface area contributed by atoms with Gasteiger partial charge >= 0.3 is 0 Å². The highest BCUT2D eigenvalue weighted by atomic mass is 16.5. The van der Waals surface area contributed by atoms with Gasteiger partial charge in [-0.1, -0.05) is 26.0 Å². The summed E-state index contributed by atoms with van der Waals surface area (Å²) < 4.78 is 5.57. The van der Waals surface area contributed by atoms with Crippen molar-refractivity contribution in [1.82, 2.24) is 4.90 Å². The van der Waals surface area contributed by atoms with Crippen molar-refractivity contribution in [3.8, 4) is 5.75 Å². The molecule has 0 unspecified atom stereocenters. The molecule has 1 heterocycles. The van der Waals surface area contributed by atoms with Crippen LogP contribution in [0.4, 0.5) is 0 Å². The lowest BCUT2D eigenvalue weighted by Crippen LogP contribution is -2.42. The quantitative estimate of drug-likeness (QED) is 0.886. The molecule has 19 heavy (non-hydrogen) atoms.